The van der Waals surface area contributed by atoms with Gasteiger partial charge in [0.15, 0.2) is 5.75 Å². The number of carbonyl (C=O) groups excluding carboxylic acids is 1. The Morgan fingerprint density at radius 1 is 1.00 bits per heavy atom. The van der Waals surface area contributed by atoms with E-state index in [1.165, 1.54) is 11.8 Å². The molecule has 0 bridgehead atoms. The summed E-state index contributed by atoms with van der Waals surface area (Å²) >= 11 is 1.20. The zero-order valence-electron chi connectivity index (χ0n) is 20.3. The van der Waals surface area contributed by atoms with Gasteiger partial charge in [-0.2, -0.15) is 0 Å². The van der Waals surface area contributed by atoms with Crippen LogP contribution < -0.4 is 16.2 Å². The van der Waals surface area contributed by atoms with E-state index in [2.05, 4.69) is 11.9 Å². The normalized spacial score (nSPS) is 10.8. The first-order chi connectivity index (χ1) is 17.4. The minimum atomic E-state index is -0.487. The number of pyridine rings is 1. The summed E-state index contributed by atoms with van der Waals surface area (Å²) in [5.41, 5.74) is 9.46. The van der Waals surface area contributed by atoms with Crippen LogP contribution >= 0.6 is 11.8 Å². The van der Waals surface area contributed by atoms with Crippen molar-refractivity contribution in [3.63, 3.8) is 0 Å². The Balaban J connectivity index is 1.71. The first-order valence-corrected chi connectivity index (χ1v) is 12.7. The highest BCUT2D eigenvalue weighted by Crippen LogP contribution is 2.42. The smallest absolute Gasteiger partial charge is 0.266 e. The van der Waals surface area contributed by atoms with Crippen LogP contribution in [0.2, 0.25) is 0 Å². The number of H-pyrrole nitrogens is 1. The molecule has 0 radical (unpaired) electrons. The number of aryl methyl sites for hydroxylation is 1. The molecule has 0 fully saturated rings. The Bertz CT molecular complexity index is 1420. The number of rotatable bonds is 9. The lowest BCUT2D eigenvalue weighted by molar-refractivity contribution is 0.100. The summed E-state index contributed by atoms with van der Waals surface area (Å²) < 4.78 is 0. The molecule has 4 rings (SSSR count). The first kappa shape index (κ1) is 25.1. The number of hydrogen-bond donors (Lipinski definition) is 3. The van der Waals surface area contributed by atoms with Gasteiger partial charge in [-0.1, -0.05) is 73.6 Å². The lowest BCUT2D eigenvalue weighted by Crippen LogP contribution is -2.19. The fourth-order valence-corrected chi connectivity index (χ4v) is 5.00. The van der Waals surface area contributed by atoms with Crippen molar-refractivity contribution in [1.29, 1.82) is 0 Å². The van der Waals surface area contributed by atoms with E-state index in [1.807, 2.05) is 78.7 Å². The van der Waals surface area contributed by atoms with E-state index in [1.54, 1.807) is 12.1 Å². The quantitative estimate of drug-likeness (QED) is 0.258. The maximum absolute atomic E-state index is 13.0. The van der Waals surface area contributed by atoms with Crippen LogP contribution in [0.1, 0.15) is 35.8 Å². The van der Waals surface area contributed by atoms with Gasteiger partial charge in [0.05, 0.1) is 0 Å². The van der Waals surface area contributed by atoms with Gasteiger partial charge in [0.1, 0.15) is 10.6 Å². The molecule has 7 heteroatoms. The summed E-state index contributed by atoms with van der Waals surface area (Å²) in [5.74, 6) is -0.525. The second kappa shape index (κ2) is 11.2. The number of aromatic amines is 1. The molecule has 1 aromatic heterocycles. The Morgan fingerprint density at radius 3 is 2.33 bits per heavy atom. The minimum Gasteiger partial charge on any atom is -0.504 e. The van der Waals surface area contributed by atoms with Crippen molar-refractivity contribution in [2.75, 3.05) is 11.9 Å². The Hall–Kier alpha value is -3.97. The van der Waals surface area contributed by atoms with Gasteiger partial charge in [-0.3, -0.25) is 9.59 Å². The van der Waals surface area contributed by atoms with E-state index in [9.17, 15) is 14.7 Å². The van der Waals surface area contributed by atoms with Gasteiger partial charge < -0.3 is 20.7 Å². The lowest BCUT2D eigenvalue weighted by atomic mass is 9.99. The molecular weight excluding hydrogens is 470 g/mol. The molecule has 3 aromatic carbocycles. The number of anilines is 2. The van der Waals surface area contributed by atoms with Crippen molar-refractivity contribution in [2.45, 2.75) is 36.0 Å². The van der Waals surface area contributed by atoms with Crippen molar-refractivity contribution < 1.29 is 9.90 Å². The molecular formula is C29H29N3O3S. The Kier molecular flexibility index (Phi) is 7.80. The Labute approximate surface area is 214 Å². The molecule has 0 saturated heterocycles. The average molecular weight is 500 g/mol. The molecule has 0 aliphatic rings. The van der Waals surface area contributed by atoms with Crippen molar-refractivity contribution in [3.05, 3.63) is 100 Å². The summed E-state index contributed by atoms with van der Waals surface area (Å²) in [6.45, 7) is 2.09. The van der Waals surface area contributed by atoms with Gasteiger partial charge in [0.2, 0.25) is 5.91 Å². The molecule has 1 heterocycles. The van der Waals surface area contributed by atoms with Crippen LogP contribution in [-0.2, 0) is 6.42 Å². The number of primary amides is 1. The molecule has 36 heavy (non-hydrogen) atoms. The second-order valence-electron chi connectivity index (χ2n) is 8.49. The van der Waals surface area contributed by atoms with E-state index >= 15 is 0 Å². The number of unbranched alkanes of at least 4 members (excludes halogenated alkanes) is 1. The molecule has 4 aromatic rings. The van der Waals surface area contributed by atoms with Gasteiger partial charge in [-0.25, -0.2) is 0 Å². The SMILES string of the molecule is CCCCc1[nH]c(=O)c(Sc2ccc(-c3ccccc3C(N)=O)cc2)c(O)c1N(C)c1ccccc1. The number of nitrogens with one attached hydrogen (secondary N) is 1. The van der Waals surface area contributed by atoms with Gasteiger partial charge in [0, 0.05) is 28.9 Å². The van der Waals surface area contributed by atoms with Crippen LogP contribution in [0, 0.1) is 0 Å². The highest BCUT2D eigenvalue weighted by Gasteiger charge is 2.22. The molecule has 0 aliphatic carbocycles. The largest absolute Gasteiger partial charge is 0.504 e. The average Bonchev–Trinajstić information content (AvgIpc) is 2.90. The van der Waals surface area contributed by atoms with Gasteiger partial charge >= 0.3 is 0 Å². The van der Waals surface area contributed by atoms with Gasteiger partial charge in [-0.15, -0.1) is 0 Å². The zero-order valence-corrected chi connectivity index (χ0v) is 21.1. The van der Waals surface area contributed by atoms with Crippen molar-refractivity contribution >= 4 is 29.0 Å². The third-order valence-electron chi connectivity index (χ3n) is 6.03. The number of nitrogens with two attached hydrogens (primary N) is 1. The van der Waals surface area contributed by atoms with Crippen LogP contribution in [0.25, 0.3) is 11.1 Å². The Morgan fingerprint density at radius 2 is 1.67 bits per heavy atom. The van der Waals surface area contributed by atoms with E-state index in [4.69, 9.17) is 5.73 Å². The standard InChI is InChI=1S/C29H29N3O3S/c1-3-4-14-24-25(32(2)20-10-6-5-7-11-20)26(33)27(29(35)31-24)36-21-17-15-19(16-18-21)22-12-8-9-13-23(22)28(30)34/h5-13,15-18H,3-4,14H2,1-2H3,(H2,30,34)(H2,31,33,35). The van der Waals surface area contributed by atoms with E-state index in [0.29, 0.717) is 23.4 Å². The fourth-order valence-electron chi connectivity index (χ4n) is 4.15. The molecule has 0 spiro atoms. The third-order valence-corrected chi connectivity index (χ3v) is 7.12. The summed E-state index contributed by atoms with van der Waals surface area (Å²) in [7, 11) is 1.89. The summed E-state index contributed by atoms with van der Waals surface area (Å²) in [6.07, 6.45) is 2.52. The maximum atomic E-state index is 13.0. The predicted octanol–water partition coefficient (Wildman–Crippen LogP) is 6.11. The van der Waals surface area contributed by atoms with Crippen LogP contribution in [0.4, 0.5) is 11.4 Å². The molecule has 0 aliphatic heterocycles. The lowest BCUT2D eigenvalue weighted by Gasteiger charge is -2.24. The number of aromatic hydroxyl groups is 1. The minimum absolute atomic E-state index is 0.0376. The molecule has 0 saturated carbocycles. The summed E-state index contributed by atoms with van der Waals surface area (Å²) in [4.78, 5) is 30.8. The zero-order chi connectivity index (χ0) is 25.7. The van der Waals surface area contributed by atoms with Crippen LogP contribution in [0.5, 0.6) is 5.75 Å². The first-order valence-electron chi connectivity index (χ1n) is 11.8. The third kappa shape index (κ3) is 5.31. The second-order valence-corrected chi connectivity index (χ2v) is 9.58. The van der Waals surface area contributed by atoms with Crippen molar-refractivity contribution in [2.24, 2.45) is 5.73 Å². The molecule has 6 nitrogen and oxygen atoms in total. The molecule has 0 atom stereocenters. The maximum Gasteiger partial charge on any atom is 0.266 e. The topological polar surface area (TPSA) is 99.4 Å². The number of carbonyl (C=O) groups is 1. The summed E-state index contributed by atoms with van der Waals surface area (Å²) in [5, 5.41) is 11.3. The molecule has 184 valence electrons. The number of para-hydroxylation sites is 1. The molecule has 4 N–H and O–H groups in total. The number of hydrogen-bond acceptors (Lipinski definition) is 5. The van der Waals surface area contributed by atoms with E-state index in [-0.39, 0.29) is 16.2 Å². The number of benzene rings is 3. The van der Waals surface area contributed by atoms with Crippen LogP contribution in [-0.4, -0.2) is 23.0 Å². The summed E-state index contributed by atoms with van der Waals surface area (Å²) in [6, 6.07) is 24.4. The highest BCUT2D eigenvalue weighted by molar-refractivity contribution is 7.99. The van der Waals surface area contributed by atoms with Crippen LogP contribution in [0.3, 0.4) is 0 Å². The van der Waals surface area contributed by atoms with Crippen molar-refractivity contribution in [1.82, 2.24) is 4.98 Å². The highest BCUT2D eigenvalue weighted by atomic mass is 32.2. The van der Waals surface area contributed by atoms with Crippen molar-refractivity contribution in [3.8, 4) is 16.9 Å². The predicted molar refractivity (Wildman–Crippen MR) is 146 cm³/mol. The number of amides is 1. The van der Waals surface area contributed by atoms with Crippen LogP contribution in [0.15, 0.2) is 93.4 Å². The van der Waals surface area contributed by atoms with E-state index in [0.717, 1.165) is 34.6 Å². The van der Waals surface area contributed by atoms with Gasteiger partial charge in [0.25, 0.3) is 5.56 Å². The number of nitrogens with zero attached hydrogens (tertiary/aromatic N) is 1. The number of aromatic nitrogens is 1. The fraction of sp³-hybridized carbons (Fsp3) is 0.172. The van der Waals surface area contributed by atoms with E-state index < -0.39 is 5.91 Å². The molecule has 0 unspecified atom stereocenters. The molecule has 1 amide bonds. The monoisotopic (exact) mass is 499 g/mol. The van der Waals surface area contributed by atoms with Gasteiger partial charge in [-0.05, 0) is 54.3 Å².